The van der Waals surface area contributed by atoms with Crippen molar-refractivity contribution in [2.75, 3.05) is 6.61 Å². The Labute approximate surface area is 172 Å². The Morgan fingerprint density at radius 1 is 1.34 bits per heavy atom. The molecule has 0 unspecified atom stereocenters. The van der Waals surface area contributed by atoms with E-state index in [0.29, 0.717) is 30.4 Å². The third-order valence-corrected chi connectivity index (χ3v) is 6.05. The largest absolute Gasteiger partial charge is 0.508 e. The molecular weight excluding hydrogens is 370 g/mol. The van der Waals surface area contributed by atoms with Crippen LogP contribution in [0.4, 0.5) is 0 Å². The summed E-state index contributed by atoms with van der Waals surface area (Å²) in [7, 11) is 0. The predicted octanol–water partition coefficient (Wildman–Crippen LogP) is 5.48. The highest BCUT2D eigenvalue weighted by Gasteiger charge is 2.45. The molecule has 0 saturated carbocycles. The SMILES string of the molecule is CC1=CC[C@@H]2[C@@H](C1)c1c(O)cc(C/C=C/CCCCO[N+](=O)[O-])cc1OC2(C)C. The Morgan fingerprint density at radius 3 is 2.90 bits per heavy atom. The number of phenolic OH excluding ortho intramolecular Hbond substituents is 1. The van der Waals surface area contributed by atoms with Gasteiger partial charge >= 0.3 is 0 Å². The summed E-state index contributed by atoms with van der Waals surface area (Å²) in [6, 6.07) is 3.93. The van der Waals surface area contributed by atoms with E-state index >= 15 is 0 Å². The molecule has 0 radical (unpaired) electrons. The molecule has 1 aliphatic carbocycles. The van der Waals surface area contributed by atoms with E-state index in [-0.39, 0.29) is 12.2 Å². The van der Waals surface area contributed by atoms with Crippen molar-refractivity contribution >= 4 is 0 Å². The maximum absolute atomic E-state index is 10.8. The molecule has 3 rings (SSSR count). The van der Waals surface area contributed by atoms with Gasteiger partial charge in [-0.05, 0) is 77.0 Å². The minimum atomic E-state index is -0.755. The number of phenols is 1. The summed E-state index contributed by atoms with van der Waals surface area (Å²) in [6.07, 6.45) is 11.4. The molecule has 0 bridgehead atoms. The summed E-state index contributed by atoms with van der Waals surface area (Å²) >= 11 is 0. The fraction of sp³-hybridized carbons (Fsp3) is 0.565. The zero-order valence-corrected chi connectivity index (χ0v) is 17.5. The van der Waals surface area contributed by atoms with Crippen molar-refractivity contribution in [1.29, 1.82) is 0 Å². The predicted molar refractivity (Wildman–Crippen MR) is 112 cm³/mol. The van der Waals surface area contributed by atoms with Crippen molar-refractivity contribution in [3.8, 4) is 11.5 Å². The number of hydrogen-bond acceptors (Lipinski definition) is 5. The fourth-order valence-electron chi connectivity index (χ4n) is 4.58. The van der Waals surface area contributed by atoms with Gasteiger partial charge in [0.1, 0.15) is 17.1 Å². The first-order chi connectivity index (χ1) is 13.8. The number of rotatable bonds is 8. The molecule has 0 amide bonds. The molecular formula is C23H31NO5. The van der Waals surface area contributed by atoms with Gasteiger partial charge in [0, 0.05) is 17.4 Å². The minimum Gasteiger partial charge on any atom is -0.508 e. The van der Waals surface area contributed by atoms with Crippen LogP contribution in [0, 0.1) is 16.0 Å². The second kappa shape index (κ2) is 8.89. The second-order valence-corrected chi connectivity index (χ2v) is 8.66. The highest BCUT2D eigenvalue weighted by molar-refractivity contribution is 5.53. The third kappa shape index (κ3) is 5.11. The molecule has 0 fully saturated rings. The Hall–Kier alpha value is -2.50. The quantitative estimate of drug-likeness (QED) is 0.270. The highest BCUT2D eigenvalue weighted by atomic mass is 16.9. The molecule has 158 valence electrons. The smallest absolute Gasteiger partial charge is 0.294 e. The molecule has 2 aliphatic rings. The molecule has 1 aromatic carbocycles. The van der Waals surface area contributed by atoms with Crippen LogP contribution in [-0.2, 0) is 11.3 Å². The van der Waals surface area contributed by atoms with Crippen molar-refractivity contribution in [3.63, 3.8) is 0 Å². The van der Waals surface area contributed by atoms with Gasteiger partial charge in [-0.15, -0.1) is 10.1 Å². The zero-order valence-electron chi connectivity index (χ0n) is 17.5. The van der Waals surface area contributed by atoms with Gasteiger partial charge in [0.15, 0.2) is 0 Å². The van der Waals surface area contributed by atoms with E-state index in [1.54, 1.807) is 0 Å². The van der Waals surface area contributed by atoms with Gasteiger partial charge in [-0.3, -0.25) is 0 Å². The van der Waals surface area contributed by atoms with E-state index in [1.165, 1.54) is 5.57 Å². The number of allylic oxidation sites excluding steroid dienone is 4. The Morgan fingerprint density at radius 2 is 2.14 bits per heavy atom. The first-order valence-electron chi connectivity index (χ1n) is 10.4. The number of ether oxygens (including phenoxy) is 1. The van der Waals surface area contributed by atoms with Crippen molar-refractivity contribution in [2.24, 2.45) is 5.92 Å². The van der Waals surface area contributed by atoms with Gasteiger partial charge in [0.2, 0.25) is 0 Å². The maximum Gasteiger partial charge on any atom is 0.294 e. The molecule has 1 aliphatic heterocycles. The molecule has 0 saturated heterocycles. The van der Waals surface area contributed by atoms with Crippen LogP contribution in [-0.4, -0.2) is 22.4 Å². The minimum absolute atomic E-state index is 0.142. The molecule has 6 heteroatoms. The number of nitrogens with zero attached hydrogens (tertiary/aromatic N) is 1. The first kappa shape index (κ1) is 21.2. The van der Waals surface area contributed by atoms with E-state index in [9.17, 15) is 15.2 Å². The summed E-state index contributed by atoms with van der Waals surface area (Å²) in [5.41, 5.74) is 3.10. The average Bonchev–Trinajstić information content (AvgIpc) is 2.62. The molecule has 29 heavy (non-hydrogen) atoms. The molecule has 0 spiro atoms. The second-order valence-electron chi connectivity index (χ2n) is 8.66. The number of fused-ring (bicyclic) bond motifs is 3. The lowest BCUT2D eigenvalue weighted by Gasteiger charge is -2.47. The standard InChI is InChI=1S/C23H31NO5/c1-16-10-11-19-18(13-16)22-20(25)14-17(15-21(22)29-23(19,2)3)9-7-5-4-6-8-12-28-24(26)27/h5,7,10,14-15,18-19,25H,4,6,8-9,11-13H2,1-3H3/b7-5+/t18-,19-/m1/s1. The Kier molecular flexibility index (Phi) is 6.50. The molecule has 1 aromatic rings. The zero-order chi connectivity index (χ0) is 21.0. The van der Waals surface area contributed by atoms with Crippen LogP contribution in [0.15, 0.2) is 35.9 Å². The van der Waals surface area contributed by atoms with Crippen molar-refractivity contribution in [1.82, 2.24) is 0 Å². The fourth-order valence-corrected chi connectivity index (χ4v) is 4.58. The maximum atomic E-state index is 10.8. The number of unbranched alkanes of at least 4 members (excludes halogenated alkanes) is 2. The van der Waals surface area contributed by atoms with Crippen LogP contribution in [0.5, 0.6) is 11.5 Å². The van der Waals surface area contributed by atoms with E-state index < -0.39 is 5.09 Å². The number of hydrogen-bond donors (Lipinski definition) is 1. The third-order valence-electron chi connectivity index (χ3n) is 6.05. The summed E-state index contributed by atoms with van der Waals surface area (Å²) in [5, 5.41) is 20.1. The summed E-state index contributed by atoms with van der Waals surface area (Å²) in [6.45, 7) is 6.60. The molecule has 2 atom stereocenters. The van der Waals surface area contributed by atoms with Gasteiger partial charge in [-0.1, -0.05) is 23.8 Å². The first-order valence-corrected chi connectivity index (χ1v) is 10.4. The monoisotopic (exact) mass is 401 g/mol. The van der Waals surface area contributed by atoms with Gasteiger partial charge < -0.3 is 14.7 Å². The van der Waals surface area contributed by atoms with Gasteiger partial charge in [-0.2, -0.15) is 0 Å². The van der Waals surface area contributed by atoms with E-state index in [2.05, 4.69) is 49.9 Å². The normalized spacial score (nSPS) is 22.4. The highest BCUT2D eigenvalue weighted by Crippen LogP contribution is 2.54. The lowest BCUT2D eigenvalue weighted by Crippen LogP contribution is -2.45. The summed E-state index contributed by atoms with van der Waals surface area (Å²) in [4.78, 5) is 14.4. The van der Waals surface area contributed by atoms with Crippen LogP contribution in [0.1, 0.15) is 69.9 Å². The molecule has 0 aromatic heterocycles. The molecule has 1 heterocycles. The lowest BCUT2D eigenvalue weighted by atomic mass is 9.67. The van der Waals surface area contributed by atoms with Gasteiger partial charge in [-0.25, -0.2) is 0 Å². The van der Waals surface area contributed by atoms with Crippen LogP contribution in [0.2, 0.25) is 0 Å². The van der Waals surface area contributed by atoms with Crippen molar-refractivity contribution < 1.29 is 19.8 Å². The molecule has 6 nitrogen and oxygen atoms in total. The summed E-state index contributed by atoms with van der Waals surface area (Å²) < 4.78 is 6.35. The lowest BCUT2D eigenvalue weighted by molar-refractivity contribution is -0.757. The van der Waals surface area contributed by atoms with Crippen LogP contribution >= 0.6 is 0 Å². The Balaban J connectivity index is 1.64. The van der Waals surface area contributed by atoms with E-state index in [4.69, 9.17) is 4.74 Å². The van der Waals surface area contributed by atoms with Crippen LogP contribution in [0.3, 0.4) is 0 Å². The average molecular weight is 402 g/mol. The van der Waals surface area contributed by atoms with Gasteiger partial charge in [0.25, 0.3) is 5.09 Å². The van der Waals surface area contributed by atoms with Crippen LogP contribution in [0.25, 0.3) is 0 Å². The topological polar surface area (TPSA) is 81.8 Å². The van der Waals surface area contributed by atoms with E-state index in [1.807, 2.05) is 6.07 Å². The number of aromatic hydroxyl groups is 1. The molecule has 1 N–H and O–H groups in total. The van der Waals surface area contributed by atoms with E-state index in [0.717, 1.165) is 42.6 Å². The Bertz CT molecular complexity index is 812. The van der Waals surface area contributed by atoms with Crippen molar-refractivity contribution in [2.45, 2.75) is 70.8 Å². The van der Waals surface area contributed by atoms with Crippen molar-refractivity contribution in [3.05, 3.63) is 57.2 Å². The number of benzene rings is 1. The van der Waals surface area contributed by atoms with Gasteiger partial charge in [0.05, 0.1) is 6.61 Å². The van der Waals surface area contributed by atoms with Crippen LogP contribution < -0.4 is 4.74 Å². The summed E-state index contributed by atoms with van der Waals surface area (Å²) in [5.74, 6) is 1.81.